The second kappa shape index (κ2) is 5.32. The van der Waals surface area contributed by atoms with Crippen LogP contribution >= 0.6 is 31.9 Å². The fourth-order valence-corrected chi connectivity index (χ4v) is 2.33. The Hall–Kier alpha value is -1.01. The van der Waals surface area contributed by atoms with E-state index in [-0.39, 0.29) is 5.82 Å². The van der Waals surface area contributed by atoms with Crippen LogP contribution in [-0.4, -0.2) is 9.97 Å². The lowest BCUT2D eigenvalue weighted by Gasteiger charge is -2.10. The van der Waals surface area contributed by atoms with Crippen LogP contribution in [0.5, 0.6) is 0 Å². The smallest absolute Gasteiger partial charge is 0.137 e. The maximum atomic E-state index is 13.3. The Bertz CT molecular complexity index is 582. The van der Waals surface area contributed by atoms with E-state index in [2.05, 4.69) is 47.1 Å². The van der Waals surface area contributed by atoms with Crippen molar-refractivity contribution in [1.82, 2.24) is 9.97 Å². The summed E-state index contributed by atoms with van der Waals surface area (Å²) >= 11 is 6.48. The Morgan fingerprint density at radius 2 is 1.83 bits per heavy atom. The zero-order chi connectivity index (χ0) is 13.3. The molecule has 94 valence electrons. The number of anilines is 2. The van der Waals surface area contributed by atoms with E-state index in [0.717, 1.165) is 11.3 Å². The second-order valence-electron chi connectivity index (χ2n) is 3.83. The third kappa shape index (κ3) is 3.05. The number of nitrogens with one attached hydrogen (secondary N) is 1. The molecule has 0 bridgehead atoms. The van der Waals surface area contributed by atoms with Crippen molar-refractivity contribution in [3.63, 3.8) is 0 Å². The van der Waals surface area contributed by atoms with E-state index in [9.17, 15) is 4.39 Å². The van der Waals surface area contributed by atoms with Gasteiger partial charge in [-0.25, -0.2) is 14.4 Å². The van der Waals surface area contributed by atoms with Gasteiger partial charge in [-0.05, 0) is 63.4 Å². The van der Waals surface area contributed by atoms with Gasteiger partial charge in [0.2, 0.25) is 0 Å². The van der Waals surface area contributed by atoms with Crippen LogP contribution in [0.3, 0.4) is 0 Å². The molecule has 2 aromatic rings. The molecule has 0 aliphatic carbocycles. The Balaban J connectivity index is 2.36. The molecule has 1 aromatic carbocycles. The number of halogens is 3. The molecule has 0 radical (unpaired) electrons. The maximum Gasteiger partial charge on any atom is 0.137 e. The summed E-state index contributed by atoms with van der Waals surface area (Å²) in [5.74, 6) is 1.04. The van der Waals surface area contributed by atoms with Crippen LogP contribution in [0.15, 0.2) is 27.3 Å². The first-order chi connectivity index (χ1) is 8.45. The van der Waals surface area contributed by atoms with Crippen molar-refractivity contribution in [1.29, 1.82) is 0 Å². The zero-order valence-electron chi connectivity index (χ0n) is 9.76. The summed E-state index contributed by atoms with van der Waals surface area (Å²) < 4.78 is 14.4. The normalized spacial score (nSPS) is 10.5. The van der Waals surface area contributed by atoms with Gasteiger partial charge in [0, 0.05) is 11.8 Å². The topological polar surface area (TPSA) is 37.8 Å². The highest BCUT2D eigenvalue weighted by Crippen LogP contribution is 2.27. The first-order valence-corrected chi connectivity index (χ1v) is 6.78. The fourth-order valence-electron chi connectivity index (χ4n) is 1.51. The van der Waals surface area contributed by atoms with E-state index < -0.39 is 0 Å². The van der Waals surface area contributed by atoms with Gasteiger partial charge in [0.1, 0.15) is 22.1 Å². The molecule has 0 atom stereocenters. The number of rotatable bonds is 2. The zero-order valence-corrected chi connectivity index (χ0v) is 12.9. The van der Waals surface area contributed by atoms with Crippen molar-refractivity contribution >= 4 is 43.4 Å². The van der Waals surface area contributed by atoms with Crippen molar-refractivity contribution < 1.29 is 4.39 Å². The van der Waals surface area contributed by atoms with Gasteiger partial charge in [-0.3, -0.25) is 0 Å². The van der Waals surface area contributed by atoms with Crippen LogP contribution in [0.2, 0.25) is 0 Å². The van der Waals surface area contributed by atoms with Gasteiger partial charge in [0.05, 0.1) is 4.47 Å². The minimum absolute atomic E-state index is 0.280. The first-order valence-electron chi connectivity index (χ1n) is 5.19. The summed E-state index contributed by atoms with van der Waals surface area (Å²) in [6, 6.07) is 4.93. The largest absolute Gasteiger partial charge is 0.340 e. The lowest BCUT2D eigenvalue weighted by molar-refractivity contribution is 0.620. The van der Waals surface area contributed by atoms with E-state index in [1.165, 1.54) is 6.07 Å². The average Bonchev–Trinajstić information content (AvgIpc) is 2.24. The third-order valence-corrected chi connectivity index (χ3v) is 3.35. The number of aromatic nitrogens is 2. The summed E-state index contributed by atoms with van der Waals surface area (Å²) in [4.78, 5) is 8.39. The molecule has 1 aromatic heterocycles. The molecule has 2 rings (SSSR count). The minimum atomic E-state index is -0.280. The Morgan fingerprint density at radius 1 is 1.11 bits per heavy atom. The van der Waals surface area contributed by atoms with Gasteiger partial charge in [-0.2, -0.15) is 0 Å². The summed E-state index contributed by atoms with van der Waals surface area (Å²) in [5, 5.41) is 3.14. The molecule has 6 heteroatoms. The number of aryl methyl sites for hydroxylation is 2. The van der Waals surface area contributed by atoms with E-state index in [1.54, 1.807) is 12.1 Å². The third-order valence-electron chi connectivity index (χ3n) is 2.34. The van der Waals surface area contributed by atoms with Crippen LogP contribution in [0.25, 0.3) is 0 Å². The SMILES string of the molecule is Cc1nc(Br)cc(Nc2cc(Br)c(F)cc2C)n1. The standard InChI is InChI=1S/C12H10Br2FN3/c1-6-3-9(15)8(13)4-10(6)18-12-5-11(14)16-7(2)17-12/h3-5H,1-2H3,(H,16,17,18). The number of nitrogens with zero attached hydrogens (tertiary/aromatic N) is 2. The minimum Gasteiger partial charge on any atom is -0.340 e. The molecule has 0 saturated carbocycles. The summed E-state index contributed by atoms with van der Waals surface area (Å²) in [5.41, 5.74) is 1.61. The number of benzene rings is 1. The van der Waals surface area contributed by atoms with Crippen LogP contribution in [-0.2, 0) is 0 Å². The van der Waals surface area contributed by atoms with Crippen molar-refractivity contribution in [2.75, 3.05) is 5.32 Å². The Morgan fingerprint density at radius 3 is 2.50 bits per heavy atom. The van der Waals surface area contributed by atoms with Crippen molar-refractivity contribution in [3.8, 4) is 0 Å². The number of hydrogen-bond acceptors (Lipinski definition) is 3. The van der Waals surface area contributed by atoms with Gasteiger partial charge in [0.25, 0.3) is 0 Å². The van der Waals surface area contributed by atoms with E-state index >= 15 is 0 Å². The molecule has 18 heavy (non-hydrogen) atoms. The van der Waals surface area contributed by atoms with Crippen molar-refractivity contribution in [3.05, 3.63) is 44.5 Å². The molecule has 0 unspecified atom stereocenters. The summed E-state index contributed by atoms with van der Waals surface area (Å²) in [6.07, 6.45) is 0. The highest BCUT2D eigenvalue weighted by Gasteiger charge is 2.07. The maximum absolute atomic E-state index is 13.3. The quantitative estimate of drug-likeness (QED) is 0.786. The van der Waals surface area contributed by atoms with E-state index in [1.807, 2.05) is 13.8 Å². The number of hydrogen-bond donors (Lipinski definition) is 1. The fraction of sp³-hybridized carbons (Fsp3) is 0.167. The van der Waals surface area contributed by atoms with E-state index in [0.29, 0.717) is 20.7 Å². The van der Waals surface area contributed by atoms with Gasteiger partial charge in [-0.15, -0.1) is 0 Å². The lowest BCUT2D eigenvalue weighted by Crippen LogP contribution is -1.99. The molecule has 0 fully saturated rings. The monoisotopic (exact) mass is 373 g/mol. The van der Waals surface area contributed by atoms with Gasteiger partial charge in [-0.1, -0.05) is 0 Å². The van der Waals surface area contributed by atoms with Crippen molar-refractivity contribution in [2.45, 2.75) is 13.8 Å². The molecule has 0 saturated heterocycles. The molecular weight excluding hydrogens is 365 g/mol. The van der Waals surface area contributed by atoms with Gasteiger partial charge < -0.3 is 5.32 Å². The second-order valence-corrected chi connectivity index (χ2v) is 5.50. The first kappa shape index (κ1) is 13.4. The van der Waals surface area contributed by atoms with Crippen LogP contribution < -0.4 is 5.32 Å². The van der Waals surface area contributed by atoms with Gasteiger partial charge in [0.15, 0.2) is 0 Å². The van der Waals surface area contributed by atoms with E-state index in [4.69, 9.17) is 0 Å². The van der Waals surface area contributed by atoms with Crippen molar-refractivity contribution in [2.24, 2.45) is 0 Å². The van der Waals surface area contributed by atoms with Crippen LogP contribution in [0.4, 0.5) is 15.9 Å². The molecule has 0 spiro atoms. The molecule has 0 amide bonds. The lowest BCUT2D eigenvalue weighted by atomic mass is 10.2. The summed E-state index contributed by atoms with van der Waals surface area (Å²) in [7, 11) is 0. The molecule has 3 nitrogen and oxygen atoms in total. The highest BCUT2D eigenvalue weighted by atomic mass is 79.9. The molecule has 0 aliphatic rings. The molecule has 0 aliphatic heterocycles. The highest BCUT2D eigenvalue weighted by molar-refractivity contribution is 9.10. The Kier molecular flexibility index (Phi) is 3.97. The summed E-state index contributed by atoms with van der Waals surface area (Å²) in [6.45, 7) is 3.64. The molecule has 1 N–H and O–H groups in total. The Labute approximate surface area is 121 Å². The average molecular weight is 375 g/mol. The molecular formula is C12H10Br2FN3. The predicted molar refractivity (Wildman–Crippen MR) is 76.6 cm³/mol. The van der Waals surface area contributed by atoms with Gasteiger partial charge >= 0.3 is 0 Å². The van der Waals surface area contributed by atoms with Crippen LogP contribution in [0.1, 0.15) is 11.4 Å². The molecule has 1 heterocycles. The van der Waals surface area contributed by atoms with Crippen LogP contribution in [0, 0.1) is 19.7 Å². The predicted octanol–water partition coefficient (Wildman–Crippen LogP) is 4.50.